The predicted molar refractivity (Wildman–Crippen MR) is 51.5 cm³/mol. The minimum Gasteiger partial charge on any atom is -0.355 e. The van der Waals surface area contributed by atoms with Crippen LogP contribution in [0.3, 0.4) is 0 Å². The predicted octanol–water partition coefficient (Wildman–Crippen LogP) is 1.74. The Labute approximate surface area is 82.1 Å². The van der Waals surface area contributed by atoms with Crippen molar-refractivity contribution in [3.8, 4) is 0 Å². The minimum absolute atomic E-state index is 0.0805. The van der Waals surface area contributed by atoms with Crippen LogP contribution in [-0.4, -0.2) is 12.5 Å². The molecule has 0 aromatic heterocycles. The van der Waals surface area contributed by atoms with Gasteiger partial charge in [0.15, 0.2) is 0 Å². The summed E-state index contributed by atoms with van der Waals surface area (Å²) in [6, 6.07) is 5.04. The van der Waals surface area contributed by atoms with Crippen LogP contribution in [0.5, 0.6) is 0 Å². The zero-order valence-corrected chi connectivity index (χ0v) is 8.01. The second-order valence-electron chi connectivity index (χ2n) is 3.71. The number of benzene rings is 1. The molecule has 0 aliphatic carbocycles. The van der Waals surface area contributed by atoms with Gasteiger partial charge in [0.1, 0.15) is 5.82 Å². The van der Waals surface area contributed by atoms with E-state index in [0.717, 1.165) is 5.56 Å². The first-order chi connectivity index (χ1) is 6.66. The fraction of sp³-hybridized carbons (Fsp3) is 0.364. The van der Waals surface area contributed by atoms with Gasteiger partial charge in [-0.05, 0) is 24.1 Å². The van der Waals surface area contributed by atoms with Crippen LogP contribution in [0, 0.1) is 12.7 Å². The molecule has 1 saturated heterocycles. The van der Waals surface area contributed by atoms with Crippen LogP contribution in [0.1, 0.15) is 23.5 Å². The molecule has 1 N–H and O–H groups in total. The molecule has 0 bridgehead atoms. The highest BCUT2D eigenvalue weighted by Crippen LogP contribution is 2.24. The Balaban J connectivity index is 2.24. The molecule has 1 aliphatic rings. The van der Waals surface area contributed by atoms with Gasteiger partial charge in [0.2, 0.25) is 5.91 Å². The summed E-state index contributed by atoms with van der Waals surface area (Å²) in [6.45, 7) is 2.41. The summed E-state index contributed by atoms with van der Waals surface area (Å²) >= 11 is 0. The van der Waals surface area contributed by atoms with Crippen molar-refractivity contribution in [2.24, 2.45) is 0 Å². The van der Waals surface area contributed by atoms with E-state index in [1.165, 1.54) is 6.07 Å². The van der Waals surface area contributed by atoms with E-state index in [1.54, 1.807) is 13.0 Å². The van der Waals surface area contributed by atoms with Crippen molar-refractivity contribution in [2.75, 3.05) is 6.54 Å². The van der Waals surface area contributed by atoms with E-state index in [0.29, 0.717) is 18.5 Å². The van der Waals surface area contributed by atoms with Crippen LogP contribution in [-0.2, 0) is 4.79 Å². The molecule has 3 heteroatoms. The molecule has 1 fully saturated rings. The number of aryl methyl sites for hydroxylation is 1. The second-order valence-corrected chi connectivity index (χ2v) is 3.71. The maximum Gasteiger partial charge on any atom is 0.220 e. The molecular formula is C11H12FNO. The molecule has 1 amide bonds. The third-order valence-electron chi connectivity index (χ3n) is 2.63. The van der Waals surface area contributed by atoms with Crippen molar-refractivity contribution in [3.63, 3.8) is 0 Å². The van der Waals surface area contributed by atoms with E-state index in [9.17, 15) is 9.18 Å². The van der Waals surface area contributed by atoms with Gasteiger partial charge < -0.3 is 5.32 Å². The van der Waals surface area contributed by atoms with Crippen molar-refractivity contribution in [1.29, 1.82) is 0 Å². The number of hydrogen-bond acceptors (Lipinski definition) is 1. The Hall–Kier alpha value is -1.38. The van der Waals surface area contributed by atoms with E-state index >= 15 is 0 Å². The monoisotopic (exact) mass is 193 g/mol. The van der Waals surface area contributed by atoms with E-state index in [2.05, 4.69) is 5.32 Å². The Kier molecular flexibility index (Phi) is 2.23. The van der Waals surface area contributed by atoms with Crippen molar-refractivity contribution in [3.05, 3.63) is 35.1 Å². The lowest BCUT2D eigenvalue weighted by atomic mass is 9.97. The first kappa shape index (κ1) is 9.19. The van der Waals surface area contributed by atoms with Crippen LogP contribution in [0.15, 0.2) is 18.2 Å². The zero-order valence-electron chi connectivity index (χ0n) is 8.01. The number of hydrogen-bond donors (Lipinski definition) is 1. The highest BCUT2D eigenvalue weighted by Gasteiger charge is 2.23. The molecule has 1 aromatic rings. The number of halogens is 1. The van der Waals surface area contributed by atoms with E-state index in [4.69, 9.17) is 0 Å². The highest BCUT2D eigenvalue weighted by atomic mass is 19.1. The SMILES string of the molecule is Cc1cc(C2CNC(=O)C2)ccc1F. The largest absolute Gasteiger partial charge is 0.355 e. The van der Waals surface area contributed by atoms with Crippen molar-refractivity contribution < 1.29 is 9.18 Å². The second kappa shape index (κ2) is 3.40. The fourth-order valence-corrected chi connectivity index (χ4v) is 1.76. The molecule has 14 heavy (non-hydrogen) atoms. The molecule has 2 rings (SSSR count). The van der Waals surface area contributed by atoms with Crippen LogP contribution in [0.25, 0.3) is 0 Å². The van der Waals surface area contributed by atoms with Gasteiger partial charge in [0, 0.05) is 18.9 Å². The van der Waals surface area contributed by atoms with Crippen molar-refractivity contribution in [2.45, 2.75) is 19.3 Å². The molecule has 1 heterocycles. The summed E-state index contributed by atoms with van der Waals surface area (Å²) in [6.07, 6.45) is 0.519. The molecule has 0 spiro atoms. The Morgan fingerprint density at radius 1 is 1.50 bits per heavy atom. The first-order valence-electron chi connectivity index (χ1n) is 4.69. The van der Waals surface area contributed by atoms with Gasteiger partial charge in [-0.1, -0.05) is 12.1 Å². The van der Waals surface area contributed by atoms with Crippen LogP contribution in [0.4, 0.5) is 4.39 Å². The van der Waals surface area contributed by atoms with E-state index in [-0.39, 0.29) is 17.6 Å². The summed E-state index contributed by atoms with van der Waals surface area (Å²) in [4.78, 5) is 11.0. The molecule has 74 valence electrons. The molecular weight excluding hydrogens is 181 g/mol. The standard InChI is InChI=1S/C11H12FNO/c1-7-4-8(2-3-10(7)12)9-5-11(14)13-6-9/h2-4,9H,5-6H2,1H3,(H,13,14). The van der Waals surface area contributed by atoms with E-state index < -0.39 is 0 Å². The number of rotatable bonds is 1. The van der Waals surface area contributed by atoms with Crippen LogP contribution >= 0.6 is 0 Å². The highest BCUT2D eigenvalue weighted by molar-refractivity contribution is 5.79. The van der Waals surface area contributed by atoms with Gasteiger partial charge in [-0.15, -0.1) is 0 Å². The summed E-state index contributed by atoms with van der Waals surface area (Å²) in [5, 5.41) is 2.77. The number of carbonyl (C=O) groups is 1. The molecule has 2 nitrogen and oxygen atoms in total. The lowest BCUT2D eigenvalue weighted by Crippen LogP contribution is -2.13. The van der Waals surface area contributed by atoms with Crippen molar-refractivity contribution >= 4 is 5.91 Å². The van der Waals surface area contributed by atoms with Crippen LogP contribution < -0.4 is 5.32 Å². The van der Waals surface area contributed by atoms with Gasteiger partial charge in [-0.25, -0.2) is 4.39 Å². The smallest absolute Gasteiger partial charge is 0.220 e. The zero-order chi connectivity index (χ0) is 10.1. The first-order valence-corrected chi connectivity index (χ1v) is 4.69. The average molecular weight is 193 g/mol. The van der Waals surface area contributed by atoms with E-state index in [1.807, 2.05) is 6.07 Å². The quantitative estimate of drug-likeness (QED) is 0.723. The molecule has 1 aliphatic heterocycles. The third kappa shape index (κ3) is 1.62. The summed E-state index contributed by atoms with van der Waals surface area (Å²) < 4.78 is 13.0. The van der Waals surface area contributed by atoms with Gasteiger partial charge >= 0.3 is 0 Å². The van der Waals surface area contributed by atoms with Gasteiger partial charge in [-0.3, -0.25) is 4.79 Å². The maximum atomic E-state index is 13.0. The summed E-state index contributed by atoms with van der Waals surface area (Å²) in [7, 11) is 0. The maximum absolute atomic E-state index is 13.0. The van der Waals surface area contributed by atoms with Crippen LogP contribution in [0.2, 0.25) is 0 Å². The Morgan fingerprint density at radius 2 is 2.29 bits per heavy atom. The van der Waals surface area contributed by atoms with Gasteiger partial charge in [0.25, 0.3) is 0 Å². The topological polar surface area (TPSA) is 29.1 Å². The normalized spacial score (nSPS) is 21.0. The number of nitrogens with one attached hydrogen (secondary N) is 1. The summed E-state index contributed by atoms with van der Waals surface area (Å²) in [5.74, 6) is 0.102. The van der Waals surface area contributed by atoms with Gasteiger partial charge in [0.05, 0.1) is 0 Å². The number of carbonyl (C=O) groups excluding carboxylic acids is 1. The summed E-state index contributed by atoms with van der Waals surface area (Å²) in [5.41, 5.74) is 1.68. The fourth-order valence-electron chi connectivity index (χ4n) is 1.76. The lowest BCUT2D eigenvalue weighted by molar-refractivity contribution is -0.119. The Bertz CT molecular complexity index is 376. The van der Waals surface area contributed by atoms with Gasteiger partial charge in [-0.2, -0.15) is 0 Å². The van der Waals surface area contributed by atoms with Crippen molar-refractivity contribution in [1.82, 2.24) is 5.32 Å². The average Bonchev–Trinajstić information content (AvgIpc) is 2.57. The number of amides is 1. The third-order valence-corrected chi connectivity index (χ3v) is 2.63. The molecule has 0 saturated carbocycles. The molecule has 1 atom stereocenters. The lowest BCUT2D eigenvalue weighted by Gasteiger charge is -2.08. The minimum atomic E-state index is -0.189. The molecule has 0 radical (unpaired) electrons. The Morgan fingerprint density at radius 3 is 2.86 bits per heavy atom. The molecule has 1 aromatic carbocycles. The molecule has 1 unspecified atom stereocenters.